The van der Waals surface area contributed by atoms with Crippen molar-refractivity contribution >= 4 is 11.9 Å². The van der Waals surface area contributed by atoms with Crippen molar-refractivity contribution in [2.45, 2.75) is 33.7 Å². The Hall–Kier alpha value is -2.09. The van der Waals surface area contributed by atoms with Crippen molar-refractivity contribution < 1.29 is 9.32 Å². The minimum atomic E-state index is 0.173. The molecule has 8 heteroatoms. The standard InChI is InChI=1S/C18H32N6O2/c1-4-19-18(20-9-7-17(25)23(5-2)6-3)24-12-10-22(11-13-24)15-16-8-14-26-21-16/h8,14H,4-7,9-13,15H2,1-3H3,(H,19,20). The molecule has 1 N–H and O–H groups in total. The summed E-state index contributed by atoms with van der Waals surface area (Å²) in [6.07, 6.45) is 2.07. The van der Waals surface area contributed by atoms with Gasteiger partial charge in [-0.1, -0.05) is 5.16 Å². The molecule has 0 atom stereocenters. The molecule has 0 unspecified atom stereocenters. The van der Waals surface area contributed by atoms with Crippen LogP contribution in [0.3, 0.4) is 0 Å². The van der Waals surface area contributed by atoms with Crippen LogP contribution in [0.15, 0.2) is 21.8 Å². The number of hydrogen-bond acceptors (Lipinski definition) is 5. The number of guanidine groups is 1. The molecule has 0 aliphatic carbocycles. The Morgan fingerprint density at radius 2 is 2.00 bits per heavy atom. The van der Waals surface area contributed by atoms with Crippen molar-refractivity contribution in [1.29, 1.82) is 0 Å². The van der Waals surface area contributed by atoms with E-state index in [1.54, 1.807) is 6.26 Å². The van der Waals surface area contributed by atoms with Crippen molar-refractivity contribution in [3.05, 3.63) is 18.0 Å². The molecule has 0 aromatic carbocycles. The van der Waals surface area contributed by atoms with Gasteiger partial charge in [-0.2, -0.15) is 0 Å². The van der Waals surface area contributed by atoms with Gasteiger partial charge in [-0.25, -0.2) is 0 Å². The third kappa shape index (κ3) is 6.01. The summed E-state index contributed by atoms with van der Waals surface area (Å²) in [4.78, 5) is 23.3. The first-order valence-corrected chi connectivity index (χ1v) is 9.60. The van der Waals surface area contributed by atoms with E-state index >= 15 is 0 Å². The number of aliphatic imine (C=N–C) groups is 1. The van der Waals surface area contributed by atoms with E-state index in [-0.39, 0.29) is 5.91 Å². The molecule has 2 heterocycles. The minimum Gasteiger partial charge on any atom is -0.364 e. The molecule has 1 saturated heterocycles. The van der Waals surface area contributed by atoms with E-state index in [4.69, 9.17) is 4.52 Å². The molecule has 0 bridgehead atoms. The van der Waals surface area contributed by atoms with Crippen LogP contribution in [0.1, 0.15) is 32.9 Å². The van der Waals surface area contributed by atoms with Crippen LogP contribution in [0, 0.1) is 0 Å². The van der Waals surface area contributed by atoms with Crippen LogP contribution in [0.25, 0.3) is 0 Å². The first kappa shape index (κ1) is 20.2. The molecular formula is C18H32N6O2. The largest absolute Gasteiger partial charge is 0.364 e. The predicted octanol–water partition coefficient (Wildman–Crippen LogP) is 1.02. The number of nitrogens with one attached hydrogen (secondary N) is 1. The molecule has 26 heavy (non-hydrogen) atoms. The third-order valence-electron chi connectivity index (χ3n) is 4.59. The lowest BCUT2D eigenvalue weighted by molar-refractivity contribution is -0.130. The molecule has 1 aromatic rings. The van der Waals surface area contributed by atoms with E-state index in [9.17, 15) is 4.79 Å². The monoisotopic (exact) mass is 364 g/mol. The Kier molecular flexibility index (Phi) is 8.40. The Morgan fingerprint density at radius 1 is 1.27 bits per heavy atom. The van der Waals surface area contributed by atoms with Gasteiger partial charge in [0.25, 0.3) is 0 Å². The summed E-state index contributed by atoms with van der Waals surface area (Å²) >= 11 is 0. The van der Waals surface area contributed by atoms with Gasteiger partial charge in [-0.3, -0.25) is 14.7 Å². The smallest absolute Gasteiger partial charge is 0.224 e. The highest BCUT2D eigenvalue weighted by Crippen LogP contribution is 2.07. The summed E-state index contributed by atoms with van der Waals surface area (Å²) in [5, 5.41) is 7.33. The van der Waals surface area contributed by atoms with Gasteiger partial charge in [0.05, 0.1) is 12.2 Å². The molecule has 0 saturated carbocycles. The van der Waals surface area contributed by atoms with E-state index in [0.29, 0.717) is 13.0 Å². The van der Waals surface area contributed by atoms with Crippen LogP contribution in [0.2, 0.25) is 0 Å². The number of piperazine rings is 1. The number of rotatable bonds is 8. The maximum atomic E-state index is 12.1. The van der Waals surface area contributed by atoms with Crippen molar-refractivity contribution in [2.24, 2.45) is 4.99 Å². The van der Waals surface area contributed by atoms with Gasteiger partial charge >= 0.3 is 0 Å². The second-order valence-corrected chi connectivity index (χ2v) is 6.31. The van der Waals surface area contributed by atoms with Gasteiger partial charge in [-0.15, -0.1) is 0 Å². The first-order valence-electron chi connectivity index (χ1n) is 9.60. The van der Waals surface area contributed by atoms with Crippen LogP contribution in [-0.4, -0.2) is 84.1 Å². The molecule has 8 nitrogen and oxygen atoms in total. The van der Waals surface area contributed by atoms with E-state index < -0.39 is 0 Å². The maximum absolute atomic E-state index is 12.1. The number of carbonyl (C=O) groups excluding carboxylic acids is 1. The van der Waals surface area contributed by atoms with Gasteiger partial charge in [-0.05, 0) is 20.8 Å². The molecule has 0 radical (unpaired) electrons. The average Bonchev–Trinajstić information content (AvgIpc) is 3.16. The summed E-state index contributed by atoms with van der Waals surface area (Å²) in [5.74, 6) is 1.08. The lowest BCUT2D eigenvalue weighted by Gasteiger charge is -2.36. The molecule has 1 aromatic heterocycles. The van der Waals surface area contributed by atoms with E-state index in [0.717, 1.165) is 64.0 Å². The zero-order chi connectivity index (χ0) is 18.8. The fourth-order valence-electron chi connectivity index (χ4n) is 3.08. The second-order valence-electron chi connectivity index (χ2n) is 6.31. The van der Waals surface area contributed by atoms with Gasteiger partial charge in [0.1, 0.15) is 6.26 Å². The van der Waals surface area contributed by atoms with E-state index in [1.165, 1.54) is 0 Å². The summed E-state index contributed by atoms with van der Waals surface area (Å²) in [7, 11) is 0. The Morgan fingerprint density at radius 3 is 2.58 bits per heavy atom. The number of hydrogen-bond donors (Lipinski definition) is 1. The fourth-order valence-corrected chi connectivity index (χ4v) is 3.08. The van der Waals surface area contributed by atoms with Gasteiger partial charge in [0, 0.05) is 64.8 Å². The number of aromatic nitrogens is 1. The van der Waals surface area contributed by atoms with Crippen molar-refractivity contribution in [1.82, 2.24) is 25.2 Å². The summed E-state index contributed by atoms with van der Waals surface area (Å²) in [5.41, 5.74) is 0.967. The van der Waals surface area contributed by atoms with Gasteiger partial charge in [0.2, 0.25) is 5.91 Å². The highest BCUT2D eigenvalue weighted by atomic mass is 16.5. The maximum Gasteiger partial charge on any atom is 0.224 e. The van der Waals surface area contributed by atoms with Crippen LogP contribution < -0.4 is 5.32 Å². The summed E-state index contributed by atoms with van der Waals surface area (Å²) in [6.45, 7) is 13.5. The zero-order valence-corrected chi connectivity index (χ0v) is 16.3. The van der Waals surface area contributed by atoms with Crippen molar-refractivity contribution in [3.8, 4) is 0 Å². The van der Waals surface area contributed by atoms with Crippen LogP contribution in [0.5, 0.6) is 0 Å². The van der Waals surface area contributed by atoms with Crippen LogP contribution in [0.4, 0.5) is 0 Å². The van der Waals surface area contributed by atoms with Crippen LogP contribution in [-0.2, 0) is 11.3 Å². The highest BCUT2D eigenvalue weighted by Gasteiger charge is 2.20. The lowest BCUT2D eigenvalue weighted by Crippen LogP contribution is -2.52. The average molecular weight is 364 g/mol. The predicted molar refractivity (Wildman–Crippen MR) is 102 cm³/mol. The molecule has 0 spiro atoms. The molecule has 1 aliphatic rings. The Balaban J connectivity index is 1.82. The van der Waals surface area contributed by atoms with E-state index in [1.807, 2.05) is 24.8 Å². The topological polar surface area (TPSA) is 77.2 Å². The second kappa shape index (κ2) is 10.8. The number of carbonyl (C=O) groups is 1. The quantitative estimate of drug-likeness (QED) is 0.548. The van der Waals surface area contributed by atoms with E-state index in [2.05, 4.69) is 32.2 Å². The summed E-state index contributed by atoms with van der Waals surface area (Å²) < 4.78 is 4.90. The number of nitrogens with zero attached hydrogens (tertiary/aromatic N) is 5. The third-order valence-corrected chi connectivity index (χ3v) is 4.59. The molecule has 146 valence electrons. The summed E-state index contributed by atoms with van der Waals surface area (Å²) in [6, 6.07) is 1.91. The Bertz CT molecular complexity index is 548. The van der Waals surface area contributed by atoms with Crippen LogP contribution >= 0.6 is 0 Å². The zero-order valence-electron chi connectivity index (χ0n) is 16.3. The normalized spacial score (nSPS) is 16.0. The minimum absolute atomic E-state index is 0.173. The lowest BCUT2D eigenvalue weighted by atomic mass is 10.3. The molecule has 1 aliphatic heterocycles. The van der Waals surface area contributed by atoms with Crippen molar-refractivity contribution in [3.63, 3.8) is 0 Å². The molecule has 1 amide bonds. The Labute approximate surface area is 156 Å². The first-order chi connectivity index (χ1) is 12.7. The molecule has 1 fully saturated rings. The fraction of sp³-hybridized carbons (Fsp3) is 0.722. The SMILES string of the molecule is CCNC(=NCCC(=O)N(CC)CC)N1CCN(Cc2ccon2)CC1. The van der Waals surface area contributed by atoms with Crippen molar-refractivity contribution in [2.75, 3.05) is 52.4 Å². The van der Waals surface area contributed by atoms with Gasteiger partial charge in [0.15, 0.2) is 5.96 Å². The van der Waals surface area contributed by atoms with Gasteiger partial charge < -0.3 is 19.6 Å². The molecular weight excluding hydrogens is 332 g/mol. The molecule has 2 rings (SSSR count). The highest BCUT2D eigenvalue weighted by molar-refractivity contribution is 5.81. The number of amides is 1.